The summed E-state index contributed by atoms with van der Waals surface area (Å²) in [5.74, 6) is 0. The number of aliphatic hydroxyl groups is 1. The number of methoxy groups -OCH3 is 6. The van der Waals surface area contributed by atoms with Gasteiger partial charge in [0.15, 0.2) is 12.6 Å². The molecule has 2 fully saturated rings. The Balaban J connectivity index is 2.26. The summed E-state index contributed by atoms with van der Waals surface area (Å²) in [6.07, 6.45) is -5.65. The molecule has 10 atom stereocenters. The highest BCUT2D eigenvalue weighted by Crippen LogP contribution is 2.33. The van der Waals surface area contributed by atoms with Crippen molar-refractivity contribution in [1.82, 2.24) is 0 Å². The van der Waals surface area contributed by atoms with E-state index in [2.05, 4.69) is 0 Å². The number of hydrogen-bond donors (Lipinski definition) is 1. The smallest absolute Gasteiger partial charge is 0.187 e. The minimum absolute atomic E-state index is 0.296. The summed E-state index contributed by atoms with van der Waals surface area (Å²) in [6.45, 7) is 1.57. The van der Waals surface area contributed by atoms with E-state index in [1.54, 1.807) is 21.3 Å². The van der Waals surface area contributed by atoms with Crippen LogP contribution in [0.5, 0.6) is 0 Å². The van der Waals surface area contributed by atoms with Crippen LogP contribution in [-0.2, 0) is 42.6 Å². The highest BCUT2D eigenvalue weighted by Gasteiger charge is 2.52. The second-order valence-corrected chi connectivity index (χ2v) is 6.77. The maximum atomic E-state index is 9.86. The highest BCUT2D eigenvalue weighted by molar-refractivity contribution is 4.95. The second-order valence-electron chi connectivity index (χ2n) is 6.77. The molecule has 2 rings (SSSR count). The van der Waals surface area contributed by atoms with Crippen LogP contribution in [0.3, 0.4) is 0 Å². The van der Waals surface area contributed by atoms with Gasteiger partial charge in [0.2, 0.25) is 0 Å². The Morgan fingerprint density at radius 1 is 0.607 bits per heavy atom. The van der Waals surface area contributed by atoms with Gasteiger partial charge in [0.25, 0.3) is 0 Å². The maximum Gasteiger partial charge on any atom is 0.187 e. The van der Waals surface area contributed by atoms with Crippen molar-refractivity contribution in [3.63, 3.8) is 0 Å². The third-order valence-electron chi connectivity index (χ3n) is 5.38. The first kappa shape index (κ1) is 23.9. The fourth-order valence-electron chi connectivity index (χ4n) is 3.97. The van der Waals surface area contributed by atoms with E-state index >= 15 is 0 Å². The van der Waals surface area contributed by atoms with Crippen molar-refractivity contribution >= 4 is 0 Å². The molecular formula is C18H34O10. The quantitative estimate of drug-likeness (QED) is 0.538. The van der Waals surface area contributed by atoms with Crippen molar-refractivity contribution in [2.45, 2.75) is 68.3 Å². The summed E-state index contributed by atoms with van der Waals surface area (Å²) < 4.78 is 51.3. The van der Waals surface area contributed by atoms with Crippen LogP contribution in [-0.4, -0.2) is 116 Å². The van der Waals surface area contributed by atoms with Gasteiger partial charge in [-0.3, -0.25) is 0 Å². The Morgan fingerprint density at radius 2 is 1.11 bits per heavy atom. The zero-order valence-electron chi connectivity index (χ0n) is 17.6. The summed E-state index contributed by atoms with van der Waals surface area (Å²) >= 11 is 0. The molecule has 0 aromatic carbocycles. The molecule has 2 saturated heterocycles. The summed E-state index contributed by atoms with van der Waals surface area (Å²) in [4.78, 5) is 0. The summed E-state index contributed by atoms with van der Waals surface area (Å²) in [5.41, 5.74) is 0. The number of ether oxygens (including phenoxy) is 9. The first-order valence-electron chi connectivity index (χ1n) is 9.25. The van der Waals surface area contributed by atoms with Gasteiger partial charge in [-0.25, -0.2) is 0 Å². The van der Waals surface area contributed by atoms with Crippen LogP contribution in [0.2, 0.25) is 0 Å². The number of hydrogen-bond acceptors (Lipinski definition) is 10. The first-order chi connectivity index (χ1) is 13.5. The van der Waals surface area contributed by atoms with Gasteiger partial charge in [0.1, 0.15) is 42.7 Å². The third-order valence-corrected chi connectivity index (χ3v) is 5.38. The Kier molecular flexibility index (Phi) is 9.48. The Bertz CT molecular complexity index is 452. The SMILES string of the molecule is CO[C@H]1O[C@H](CO)[C@@H](O[C@H]2O[C@H](C)[C@H](OC)[C@H](OC)[C@@H]2OC)[C@H](OC)[C@H]1OC. The van der Waals surface area contributed by atoms with Gasteiger partial charge < -0.3 is 47.7 Å². The molecule has 0 amide bonds. The molecule has 0 aromatic heterocycles. The molecule has 0 unspecified atom stereocenters. The van der Waals surface area contributed by atoms with Crippen LogP contribution in [0.4, 0.5) is 0 Å². The molecule has 0 aromatic rings. The average Bonchev–Trinajstić information content (AvgIpc) is 2.72. The van der Waals surface area contributed by atoms with Crippen molar-refractivity contribution in [3.8, 4) is 0 Å². The van der Waals surface area contributed by atoms with Crippen molar-refractivity contribution in [3.05, 3.63) is 0 Å². The molecule has 10 nitrogen and oxygen atoms in total. The molecule has 2 aliphatic rings. The van der Waals surface area contributed by atoms with Crippen molar-refractivity contribution in [2.24, 2.45) is 0 Å². The summed E-state index contributed by atoms with van der Waals surface area (Å²) in [7, 11) is 9.30. The Morgan fingerprint density at radius 3 is 1.57 bits per heavy atom. The Labute approximate surface area is 166 Å². The maximum absolute atomic E-state index is 9.86. The fraction of sp³-hybridized carbons (Fsp3) is 1.00. The lowest BCUT2D eigenvalue weighted by atomic mass is 9.96. The van der Waals surface area contributed by atoms with Gasteiger partial charge in [-0.15, -0.1) is 0 Å². The van der Waals surface area contributed by atoms with Crippen LogP contribution in [0.25, 0.3) is 0 Å². The van der Waals surface area contributed by atoms with E-state index in [4.69, 9.17) is 42.6 Å². The van der Waals surface area contributed by atoms with Gasteiger partial charge in [-0.1, -0.05) is 0 Å². The molecule has 2 heterocycles. The summed E-state index contributed by atoms with van der Waals surface area (Å²) in [6, 6.07) is 0. The molecule has 2 aliphatic heterocycles. The zero-order chi connectivity index (χ0) is 20.8. The molecule has 10 heteroatoms. The van der Waals surface area contributed by atoms with E-state index in [0.29, 0.717) is 0 Å². The van der Waals surface area contributed by atoms with Gasteiger partial charge in [-0.05, 0) is 6.92 Å². The molecule has 0 bridgehead atoms. The van der Waals surface area contributed by atoms with E-state index < -0.39 is 49.2 Å². The predicted octanol–water partition coefficient (Wildman–Crippen LogP) is -0.445. The number of rotatable bonds is 9. The van der Waals surface area contributed by atoms with E-state index in [0.717, 1.165) is 0 Å². The van der Waals surface area contributed by atoms with Crippen LogP contribution in [0.15, 0.2) is 0 Å². The average molecular weight is 410 g/mol. The van der Waals surface area contributed by atoms with Gasteiger partial charge in [0.05, 0.1) is 12.7 Å². The molecule has 166 valence electrons. The zero-order valence-corrected chi connectivity index (χ0v) is 17.6. The molecule has 28 heavy (non-hydrogen) atoms. The van der Waals surface area contributed by atoms with Crippen LogP contribution in [0.1, 0.15) is 6.92 Å². The van der Waals surface area contributed by atoms with E-state index in [9.17, 15) is 5.11 Å². The van der Waals surface area contributed by atoms with Gasteiger partial charge >= 0.3 is 0 Å². The van der Waals surface area contributed by atoms with E-state index in [1.165, 1.54) is 21.3 Å². The standard InChI is InChI=1S/C18H34O10/c1-9-11(20-2)13(21-3)16(24-6)18(26-9)28-12-10(8-19)27-17(25-7)15(23-5)14(12)22-4/h9-19H,8H2,1-7H3/t9-,10-,11+,12-,13+,14+,15-,16+,17+,18-/m1/s1. The predicted molar refractivity (Wildman–Crippen MR) is 95.9 cm³/mol. The number of aliphatic hydroxyl groups excluding tert-OH is 1. The van der Waals surface area contributed by atoms with E-state index in [1.807, 2.05) is 6.92 Å². The van der Waals surface area contributed by atoms with Crippen LogP contribution in [0, 0.1) is 0 Å². The molecular weight excluding hydrogens is 376 g/mol. The summed E-state index contributed by atoms with van der Waals surface area (Å²) in [5, 5.41) is 9.86. The molecule has 0 saturated carbocycles. The van der Waals surface area contributed by atoms with Gasteiger partial charge in [0, 0.05) is 42.7 Å². The van der Waals surface area contributed by atoms with Gasteiger partial charge in [-0.2, -0.15) is 0 Å². The molecule has 1 N–H and O–H groups in total. The third kappa shape index (κ3) is 4.67. The minimum Gasteiger partial charge on any atom is -0.394 e. The second kappa shape index (κ2) is 11.1. The lowest BCUT2D eigenvalue weighted by Gasteiger charge is -2.48. The van der Waals surface area contributed by atoms with Crippen molar-refractivity contribution in [1.29, 1.82) is 0 Å². The van der Waals surface area contributed by atoms with Crippen LogP contribution < -0.4 is 0 Å². The fourth-order valence-corrected chi connectivity index (χ4v) is 3.97. The normalized spacial score (nSPS) is 44.6. The van der Waals surface area contributed by atoms with Crippen molar-refractivity contribution < 1.29 is 47.7 Å². The molecule has 0 aliphatic carbocycles. The van der Waals surface area contributed by atoms with Crippen molar-refractivity contribution in [2.75, 3.05) is 49.3 Å². The van der Waals surface area contributed by atoms with Crippen LogP contribution >= 0.6 is 0 Å². The largest absolute Gasteiger partial charge is 0.394 e. The topological polar surface area (TPSA) is 103 Å². The lowest BCUT2D eigenvalue weighted by molar-refractivity contribution is -0.362. The first-order valence-corrected chi connectivity index (χ1v) is 9.25. The minimum atomic E-state index is -0.798. The van der Waals surface area contributed by atoms with E-state index in [-0.39, 0.29) is 18.8 Å². The highest BCUT2D eigenvalue weighted by atomic mass is 16.8. The lowest BCUT2D eigenvalue weighted by Crippen LogP contribution is -2.65. The molecule has 0 spiro atoms. The monoisotopic (exact) mass is 410 g/mol. The Hall–Kier alpha value is -0.400. The molecule has 0 radical (unpaired) electrons.